The monoisotopic (exact) mass is 557 g/mol. The minimum absolute atomic E-state index is 0.0313. The van der Waals surface area contributed by atoms with Crippen molar-refractivity contribution in [2.24, 2.45) is 0 Å². The van der Waals surface area contributed by atoms with E-state index in [0.29, 0.717) is 36.3 Å². The molecule has 0 spiro atoms. The second kappa shape index (κ2) is 10.1. The smallest absolute Gasteiger partial charge is 0.319 e. The first-order valence-electron chi connectivity index (χ1n) is 13.9. The number of phenols is 1. The molecule has 3 fully saturated rings. The van der Waals surface area contributed by atoms with Crippen LogP contribution in [-0.2, 0) is 4.74 Å². The number of ether oxygens (including phenoxy) is 2. The summed E-state index contributed by atoms with van der Waals surface area (Å²) in [6.07, 6.45) is 11.1. The molecule has 3 atom stereocenters. The molecule has 2 aromatic heterocycles. The van der Waals surface area contributed by atoms with Gasteiger partial charge in [-0.1, -0.05) is 12.0 Å². The van der Waals surface area contributed by atoms with Crippen molar-refractivity contribution >= 4 is 27.5 Å². The topological polar surface area (TPSA) is 83.8 Å². The summed E-state index contributed by atoms with van der Waals surface area (Å²) in [6.45, 7) is 2.74. The Kier molecular flexibility index (Phi) is 6.36. The van der Waals surface area contributed by atoms with Crippen LogP contribution in [0.4, 0.5) is 14.6 Å². The Morgan fingerprint density at radius 2 is 2.07 bits per heavy atom. The Labute approximate surface area is 235 Å². The third-order valence-electron chi connectivity index (χ3n) is 8.42. The van der Waals surface area contributed by atoms with Crippen molar-refractivity contribution in [3.05, 3.63) is 47.7 Å². The van der Waals surface area contributed by atoms with Gasteiger partial charge in [-0.15, -0.1) is 6.42 Å². The summed E-state index contributed by atoms with van der Waals surface area (Å²) in [5.41, 5.74) is 0.0751. The maximum absolute atomic E-state index is 16.6. The minimum Gasteiger partial charge on any atom is -0.508 e. The quantitative estimate of drug-likeness (QED) is 0.355. The van der Waals surface area contributed by atoms with E-state index in [1.54, 1.807) is 0 Å². The number of hydrogen-bond donors (Lipinski definition) is 1. The molecule has 0 radical (unpaired) electrons. The molecule has 1 saturated carbocycles. The first kappa shape index (κ1) is 25.9. The lowest BCUT2D eigenvalue weighted by molar-refractivity contribution is 0.124. The standard InChI is InChI=1S/C31H29F2N5O3/c1-3-20-23(32)8-7-17-12-19(39)13-21(26(17)20)28-27(33)29-22(15-34-28)30(38-10-5-11-40-25-14-24(25)38)36-31(35-29)41-16-18-6-4-9-37(18)2/h1,7-8,12-13,15,18,24-25,39H,4-6,9-11,14,16H2,2H3/t18-,24?,25?/m0/s1. The number of anilines is 1. The van der Waals surface area contributed by atoms with Crippen molar-refractivity contribution in [2.75, 3.05) is 38.3 Å². The van der Waals surface area contributed by atoms with E-state index in [2.05, 4.69) is 32.7 Å². The zero-order chi connectivity index (χ0) is 28.2. The van der Waals surface area contributed by atoms with Gasteiger partial charge in [0.15, 0.2) is 5.82 Å². The molecular weight excluding hydrogens is 528 g/mol. The van der Waals surface area contributed by atoms with Gasteiger partial charge in [0.2, 0.25) is 0 Å². The number of likely N-dealkylation sites (N-methyl/N-ethyl adjacent to an activating group) is 1. The van der Waals surface area contributed by atoms with E-state index in [-0.39, 0.29) is 57.7 Å². The molecule has 3 aliphatic rings. The number of terminal acetylenes is 1. The molecular formula is C31H29F2N5O3. The molecule has 2 unspecified atom stereocenters. The number of benzene rings is 2. The van der Waals surface area contributed by atoms with E-state index >= 15 is 4.39 Å². The molecule has 2 aliphatic heterocycles. The second-order valence-electron chi connectivity index (χ2n) is 11.0. The SMILES string of the molecule is C#Cc1c(F)ccc2cc(O)cc(-c3ncc4c(N5CCCOC6CC65)nc(OC[C@@H]5CCCN5C)nc4c3F)c12. The first-order chi connectivity index (χ1) is 19.9. The third-order valence-corrected chi connectivity index (χ3v) is 8.42. The Balaban J connectivity index is 1.40. The van der Waals surface area contributed by atoms with Crippen LogP contribution in [0, 0.1) is 24.0 Å². The number of nitrogens with zero attached hydrogens (tertiary/aromatic N) is 5. The maximum Gasteiger partial charge on any atom is 0.319 e. The predicted octanol–water partition coefficient (Wildman–Crippen LogP) is 4.65. The Hall–Kier alpha value is -4.07. The fraction of sp³-hybridized carbons (Fsp3) is 0.387. The molecule has 0 amide bonds. The molecule has 2 aromatic carbocycles. The first-order valence-corrected chi connectivity index (χ1v) is 13.9. The summed E-state index contributed by atoms with van der Waals surface area (Å²) in [6, 6.07) is 5.98. The molecule has 0 bridgehead atoms. The van der Waals surface area contributed by atoms with Crippen LogP contribution < -0.4 is 9.64 Å². The highest BCUT2D eigenvalue weighted by molar-refractivity contribution is 6.03. The van der Waals surface area contributed by atoms with Gasteiger partial charge in [-0.25, -0.2) is 8.78 Å². The van der Waals surface area contributed by atoms with Gasteiger partial charge in [0.25, 0.3) is 0 Å². The Morgan fingerprint density at radius 3 is 2.88 bits per heavy atom. The summed E-state index contributed by atoms with van der Waals surface area (Å²) < 4.78 is 43.3. The largest absolute Gasteiger partial charge is 0.508 e. The van der Waals surface area contributed by atoms with Gasteiger partial charge in [0.05, 0.1) is 23.1 Å². The predicted molar refractivity (Wildman–Crippen MR) is 151 cm³/mol. The number of rotatable bonds is 5. The lowest BCUT2D eigenvalue weighted by Gasteiger charge is -2.24. The average molecular weight is 558 g/mol. The minimum atomic E-state index is -0.730. The lowest BCUT2D eigenvalue weighted by atomic mass is 9.96. The van der Waals surface area contributed by atoms with Gasteiger partial charge in [0.1, 0.15) is 35.2 Å². The van der Waals surface area contributed by atoms with Crippen LogP contribution in [-0.4, -0.2) is 76.5 Å². The van der Waals surface area contributed by atoms with Gasteiger partial charge < -0.3 is 24.4 Å². The van der Waals surface area contributed by atoms with Gasteiger partial charge in [-0.05, 0) is 62.9 Å². The van der Waals surface area contributed by atoms with Crippen LogP contribution in [0.2, 0.25) is 0 Å². The Morgan fingerprint density at radius 1 is 1.20 bits per heavy atom. The molecule has 7 rings (SSSR count). The molecule has 1 aliphatic carbocycles. The van der Waals surface area contributed by atoms with E-state index in [4.69, 9.17) is 20.9 Å². The van der Waals surface area contributed by atoms with Crippen LogP contribution in [0.25, 0.3) is 32.9 Å². The summed E-state index contributed by atoms with van der Waals surface area (Å²) in [5.74, 6) is 1.45. The molecule has 4 aromatic rings. The fourth-order valence-electron chi connectivity index (χ4n) is 6.17. The van der Waals surface area contributed by atoms with Crippen LogP contribution in [0.3, 0.4) is 0 Å². The molecule has 210 valence electrons. The van der Waals surface area contributed by atoms with E-state index in [0.717, 1.165) is 32.2 Å². The summed E-state index contributed by atoms with van der Waals surface area (Å²) >= 11 is 0. The van der Waals surface area contributed by atoms with Gasteiger partial charge >= 0.3 is 6.01 Å². The molecule has 2 saturated heterocycles. The van der Waals surface area contributed by atoms with E-state index in [9.17, 15) is 9.50 Å². The number of phenolic OH excluding ortho intramolecular Hbond substituents is 1. The van der Waals surface area contributed by atoms with Crippen molar-refractivity contribution in [2.45, 2.75) is 43.9 Å². The number of aromatic nitrogens is 3. The third kappa shape index (κ3) is 4.49. The fourth-order valence-corrected chi connectivity index (χ4v) is 6.17. The van der Waals surface area contributed by atoms with Crippen molar-refractivity contribution in [1.82, 2.24) is 19.9 Å². The van der Waals surface area contributed by atoms with Gasteiger partial charge in [0, 0.05) is 36.3 Å². The lowest BCUT2D eigenvalue weighted by Crippen LogP contribution is -2.31. The zero-order valence-electron chi connectivity index (χ0n) is 22.6. The number of hydrogen-bond acceptors (Lipinski definition) is 8. The number of likely N-dealkylation sites (tertiary alicyclic amines) is 1. The average Bonchev–Trinajstić information content (AvgIpc) is 3.65. The van der Waals surface area contributed by atoms with E-state index < -0.39 is 11.6 Å². The summed E-state index contributed by atoms with van der Waals surface area (Å²) in [4.78, 5) is 18.2. The Bertz CT molecular complexity index is 1720. The van der Waals surface area contributed by atoms with Crippen LogP contribution >= 0.6 is 0 Å². The van der Waals surface area contributed by atoms with Gasteiger partial charge in [-0.2, -0.15) is 9.97 Å². The highest BCUT2D eigenvalue weighted by Crippen LogP contribution is 2.42. The van der Waals surface area contributed by atoms with Crippen molar-refractivity contribution in [1.29, 1.82) is 0 Å². The molecule has 8 nitrogen and oxygen atoms in total. The van der Waals surface area contributed by atoms with E-state index in [1.165, 1.54) is 30.5 Å². The normalized spacial score (nSPS) is 22.5. The molecule has 1 N–H and O–H groups in total. The number of pyridine rings is 1. The molecule has 41 heavy (non-hydrogen) atoms. The van der Waals surface area contributed by atoms with E-state index in [1.807, 2.05) is 0 Å². The van der Waals surface area contributed by atoms with Crippen molar-refractivity contribution < 1.29 is 23.4 Å². The number of aromatic hydroxyl groups is 1. The zero-order valence-corrected chi connectivity index (χ0v) is 22.6. The van der Waals surface area contributed by atoms with Crippen LogP contribution in [0.1, 0.15) is 31.2 Å². The highest BCUT2D eigenvalue weighted by Gasteiger charge is 2.45. The van der Waals surface area contributed by atoms with Crippen LogP contribution in [0.5, 0.6) is 11.8 Å². The van der Waals surface area contributed by atoms with Crippen LogP contribution in [0.15, 0.2) is 30.5 Å². The number of halogens is 2. The second-order valence-corrected chi connectivity index (χ2v) is 11.0. The van der Waals surface area contributed by atoms with Crippen molar-refractivity contribution in [3.63, 3.8) is 0 Å². The number of fused-ring (bicyclic) bond motifs is 3. The highest BCUT2D eigenvalue weighted by atomic mass is 19.1. The summed E-state index contributed by atoms with van der Waals surface area (Å²) in [7, 11) is 2.06. The maximum atomic E-state index is 16.6. The molecule has 10 heteroatoms. The summed E-state index contributed by atoms with van der Waals surface area (Å²) in [5, 5.41) is 11.7. The van der Waals surface area contributed by atoms with Crippen molar-refractivity contribution in [3.8, 4) is 35.4 Å². The van der Waals surface area contributed by atoms with Gasteiger partial charge in [-0.3, -0.25) is 4.98 Å². The molecule has 4 heterocycles.